The monoisotopic (exact) mass is 295 g/mol. The van der Waals surface area contributed by atoms with E-state index in [2.05, 4.69) is 5.32 Å². The van der Waals surface area contributed by atoms with Gasteiger partial charge in [0.15, 0.2) is 0 Å². The highest BCUT2D eigenvalue weighted by molar-refractivity contribution is 7.07. The van der Waals surface area contributed by atoms with Crippen LogP contribution >= 0.6 is 22.9 Å². The molecule has 1 atom stereocenters. The molecule has 100 valence electrons. The van der Waals surface area contributed by atoms with Crippen molar-refractivity contribution in [3.05, 3.63) is 57.2 Å². The van der Waals surface area contributed by atoms with Crippen LogP contribution in [0.1, 0.15) is 22.0 Å². The van der Waals surface area contributed by atoms with Crippen molar-refractivity contribution >= 4 is 28.8 Å². The molecule has 3 nitrogen and oxygen atoms in total. The summed E-state index contributed by atoms with van der Waals surface area (Å²) in [6.07, 6.45) is -0.123. The maximum absolute atomic E-state index is 11.9. The van der Waals surface area contributed by atoms with E-state index in [0.29, 0.717) is 17.1 Å². The number of thiophene rings is 1. The maximum Gasteiger partial charge on any atom is 0.251 e. The zero-order valence-corrected chi connectivity index (χ0v) is 12.0. The van der Waals surface area contributed by atoms with Crippen LogP contribution in [0.15, 0.2) is 41.1 Å². The van der Waals surface area contributed by atoms with Gasteiger partial charge in [-0.15, -0.1) is 0 Å². The molecule has 0 radical (unpaired) electrons. The lowest BCUT2D eigenvalue weighted by molar-refractivity contribution is 0.0829. The number of benzene rings is 1. The van der Waals surface area contributed by atoms with Crippen LogP contribution in [0.3, 0.4) is 0 Å². The van der Waals surface area contributed by atoms with Gasteiger partial charge in [-0.25, -0.2) is 0 Å². The van der Waals surface area contributed by atoms with Crippen molar-refractivity contribution in [3.8, 4) is 0 Å². The molecule has 1 heterocycles. The Bertz CT molecular complexity index is 525. The average molecular weight is 296 g/mol. The quantitative estimate of drug-likeness (QED) is 0.916. The molecule has 1 aromatic heterocycles. The summed E-state index contributed by atoms with van der Waals surface area (Å²) in [7, 11) is 1.64. The lowest BCUT2D eigenvalue weighted by atomic mass is 10.2. The van der Waals surface area contributed by atoms with Crippen molar-refractivity contribution < 1.29 is 9.53 Å². The number of methoxy groups -OCH3 is 1. The summed E-state index contributed by atoms with van der Waals surface area (Å²) in [5.41, 5.74) is 1.66. The van der Waals surface area contributed by atoms with Gasteiger partial charge in [0.2, 0.25) is 0 Å². The van der Waals surface area contributed by atoms with Crippen LogP contribution in [0.25, 0.3) is 0 Å². The zero-order valence-electron chi connectivity index (χ0n) is 10.4. The summed E-state index contributed by atoms with van der Waals surface area (Å²) in [5, 5.41) is 7.48. The zero-order chi connectivity index (χ0) is 13.7. The van der Waals surface area contributed by atoms with Crippen molar-refractivity contribution in [3.63, 3.8) is 0 Å². The van der Waals surface area contributed by atoms with E-state index < -0.39 is 0 Å². The van der Waals surface area contributed by atoms with Crippen LogP contribution in [-0.4, -0.2) is 19.6 Å². The molecule has 0 aliphatic rings. The standard InChI is InChI=1S/C14H14ClNO2S/c1-18-13(11-6-7-19-9-11)8-16-14(17)10-2-4-12(15)5-3-10/h2-7,9,13H,8H2,1H3,(H,16,17)/t13-/m1/s1. The number of carbonyl (C=O) groups excluding carboxylic acids is 1. The molecule has 5 heteroatoms. The predicted molar refractivity (Wildman–Crippen MR) is 77.9 cm³/mol. The third-order valence-corrected chi connectivity index (χ3v) is 3.71. The minimum absolute atomic E-state index is 0.123. The van der Waals surface area contributed by atoms with E-state index in [0.717, 1.165) is 5.56 Å². The van der Waals surface area contributed by atoms with Crippen molar-refractivity contribution in [2.45, 2.75) is 6.10 Å². The Kier molecular flexibility index (Phi) is 4.96. The summed E-state index contributed by atoms with van der Waals surface area (Å²) in [4.78, 5) is 11.9. The molecule has 1 N–H and O–H groups in total. The molecule has 2 aromatic rings. The Labute approximate surface area is 121 Å². The molecule has 0 spiro atoms. The number of hydrogen-bond donors (Lipinski definition) is 1. The molecule has 19 heavy (non-hydrogen) atoms. The molecule has 0 aliphatic carbocycles. The first-order valence-electron chi connectivity index (χ1n) is 5.79. The van der Waals surface area contributed by atoms with Gasteiger partial charge in [-0.05, 0) is 46.7 Å². The van der Waals surface area contributed by atoms with Gasteiger partial charge in [0.1, 0.15) is 6.10 Å². The molecule has 0 fully saturated rings. The highest BCUT2D eigenvalue weighted by Gasteiger charge is 2.13. The third-order valence-electron chi connectivity index (χ3n) is 2.75. The van der Waals surface area contributed by atoms with E-state index in [9.17, 15) is 4.79 Å². The molecule has 0 aliphatic heterocycles. The van der Waals surface area contributed by atoms with Crippen molar-refractivity contribution in [2.75, 3.05) is 13.7 Å². The maximum atomic E-state index is 11.9. The molecular formula is C14H14ClNO2S. The van der Waals surface area contributed by atoms with E-state index >= 15 is 0 Å². The number of nitrogens with one attached hydrogen (secondary N) is 1. The van der Waals surface area contributed by atoms with Gasteiger partial charge in [-0.2, -0.15) is 11.3 Å². The largest absolute Gasteiger partial charge is 0.375 e. The Morgan fingerprint density at radius 3 is 2.68 bits per heavy atom. The molecule has 2 rings (SSSR count). The van der Waals surface area contributed by atoms with Crippen LogP contribution in [0, 0.1) is 0 Å². The highest BCUT2D eigenvalue weighted by atomic mass is 35.5. The smallest absolute Gasteiger partial charge is 0.251 e. The predicted octanol–water partition coefficient (Wildman–Crippen LogP) is 3.52. The number of ether oxygens (including phenoxy) is 1. The SMILES string of the molecule is CO[C@H](CNC(=O)c1ccc(Cl)cc1)c1ccsc1. The van der Waals surface area contributed by atoms with Gasteiger partial charge in [0, 0.05) is 24.2 Å². The first-order chi connectivity index (χ1) is 9.20. The van der Waals surface area contributed by atoms with Crippen LogP contribution in [0.2, 0.25) is 5.02 Å². The van der Waals surface area contributed by atoms with Gasteiger partial charge in [0.05, 0.1) is 0 Å². The van der Waals surface area contributed by atoms with Crippen molar-refractivity contribution in [1.82, 2.24) is 5.32 Å². The molecule has 0 unspecified atom stereocenters. The number of rotatable bonds is 5. The Morgan fingerprint density at radius 1 is 1.37 bits per heavy atom. The lowest BCUT2D eigenvalue weighted by Gasteiger charge is -2.15. The molecule has 0 saturated heterocycles. The first-order valence-corrected chi connectivity index (χ1v) is 7.11. The van der Waals surface area contributed by atoms with Crippen LogP contribution in [0.5, 0.6) is 0 Å². The Hall–Kier alpha value is -1.36. The Balaban J connectivity index is 1.94. The fraction of sp³-hybridized carbons (Fsp3) is 0.214. The molecular weight excluding hydrogens is 282 g/mol. The molecule has 0 saturated carbocycles. The van der Waals surface area contributed by atoms with E-state index in [1.807, 2.05) is 16.8 Å². The van der Waals surface area contributed by atoms with Gasteiger partial charge < -0.3 is 10.1 Å². The average Bonchev–Trinajstić information content (AvgIpc) is 2.94. The van der Waals surface area contributed by atoms with Crippen LogP contribution in [0.4, 0.5) is 0 Å². The second kappa shape index (κ2) is 6.70. The van der Waals surface area contributed by atoms with Crippen molar-refractivity contribution in [2.24, 2.45) is 0 Å². The fourth-order valence-corrected chi connectivity index (χ4v) is 2.51. The van der Waals surface area contributed by atoms with Gasteiger partial charge >= 0.3 is 0 Å². The minimum Gasteiger partial charge on any atom is -0.375 e. The summed E-state index contributed by atoms with van der Waals surface area (Å²) in [6.45, 7) is 0.439. The second-order valence-electron chi connectivity index (χ2n) is 4.00. The molecule has 0 bridgehead atoms. The van der Waals surface area contributed by atoms with Gasteiger partial charge in [-0.1, -0.05) is 11.6 Å². The van der Waals surface area contributed by atoms with Gasteiger partial charge in [-0.3, -0.25) is 4.79 Å². The second-order valence-corrected chi connectivity index (χ2v) is 5.21. The number of carbonyl (C=O) groups is 1. The lowest BCUT2D eigenvalue weighted by Crippen LogP contribution is -2.28. The van der Waals surface area contributed by atoms with Crippen molar-refractivity contribution in [1.29, 1.82) is 0 Å². The number of amides is 1. The Morgan fingerprint density at radius 2 is 2.11 bits per heavy atom. The first kappa shape index (κ1) is 14.1. The molecule has 1 amide bonds. The number of halogens is 1. The highest BCUT2D eigenvalue weighted by Crippen LogP contribution is 2.18. The fourth-order valence-electron chi connectivity index (χ4n) is 1.68. The van der Waals surface area contributed by atoms with Gasteiger partial charge in [0.25, 0.3) is 5.91 Å². The topological polar surface area (TPSA) is 38.3 Å². The van der Waals surface area contributed by atoms with Crippen LogP contribution in [-0.2, 0) is 4.74 Å². The summed E-state index contributed by atoms with van der Waals surface area (Å²) in [6, 6.07) is 8.79. The minimum atomic E-state index is -0.131. The normalized spacial score (nSPS) is 12.1. The molecule has 1 aromatic carbocycles. The third kappa shape index (κ3) is 3.80. The summed E-state index contributed by atoms with van der Waals surface area (Å²) >= 11 is 7.39. The summed E-state index contributed by atoms with van der Waals surface area (Å²) in [5.74, 6) is -0.131. The van der Waals surface area contributed by atoms with Crippen LogP contribution < -0.4 is 5.32 Å². The van der Waals surface area contributed by atoms with E-state index in [-0.39, 0.29) is 12.0 Å². The number of hydrogen-bond acceptors (Lipinski definition) is 3. The van der Waals surface area contributed by atoms with E-state index in [4.69, 9.17) is 16.3 Å². The summed E-state index contributed by atoms with van der Waals surface area (Å²) < 4.78 is 5.37. The van der Waals surface area contributed by atoms with E-state index in [1.54, 1.807) is 42.7 Å². The van der Waals surface area contributed by atoms with E-state index in [1.165, 1.54) is 0 Å².